The number of carbonyl (C=O) groups is 1. The molecule has 2 heterocycles. The molecule has 0 atom stereocenters. The van der Waals surface area contributed by atoms with Crippen LogP contribution in [0, 0.1) is 13.8 Å². The van der Waals surface area contributed by atoms with Crippen LogP contribution in [0.5, 0.6) is 0 Å². The number of benzene rings is 1. The minimum atomic E-state index is -0.452. The van der Waals surface area contributed by atoms with Crippen molar-refractivity contribution in [1.29, 1.82) is 0 Å². The Morgan fingerprint density at radius 2 is 2.04 bits per heavy atom. The van der Waals surface area contributed by atoms with Gasteiger partial charge in [-0.2, -0.15) is 5.10 Å². The van der Waals surface area contributed by atoms with E-state index in [4.69, 9.17) is 4.42 Å². The first kappa shape index (κ1) is 16.6. The lowest BCUT2D eigenvalue weighted by Crippen LogP contribution is -2.25. The Labute approximate surface area is 144 Å². The maximum absolute atomic E-state index is 12.4. The summed E-state index contributed by atoms with van der Waals surface area (Å²) < 4.78 is 6.74. The van der Waals surface area contributed by atoms with Gasteiger partial charge in [0.1, 0.15) is 18.4 Å². The van der Waals surface area contributed by atoms with Crippen LogP contribution in [0.25, 0.3) is 0 Å². The van der Waals surface area contributed by atoms with Gasteiger partial charge in [-0.05, 0) is 30.5 Å². The number of hydrogen-bond donors (Lipinski definition) is 1. The number of aryl methyl sites for hydroxylation is 2. The van der Waals surface area contributed by atoms with Gasteiger partial charge < -0.3 is 9.73 Å². The maximum Gasteiger partial charge on any atom is 0.336 e. The first-order chi connectivity index (χ1) is 12.0. The molecule has 7 heteroatoms. The Morgan fingerprint density at radius 1 is 1.24 bits per heavy atom. The fraction of sp³-hybridized carbons (Fsp3) is 0.222. The van der Waals surface area contributed by atoms with Crippen molar-refractivity contribution < 1.29 is 9.21 Å². The van der Waals surface area contributed by atoms with Crippen molar-refractivity contribution in [3.63, 3.8) is 0 Å². The fourth-order valence-corrected chi connectivity index (χ4v) is 2.71. The highest BCUT2D eigenvalue weighted by atomic mass is 16.4. The summed E-state index contributed by atoms with van der Waals surface area (Å²) in [5.41, 5.74) is 2.59. The minimum absolute atomic E-state index is 0.263. The average Bonchev–Trinajstić information content (AvgIpc) is 3.05. The first-order valence-corrected chi connectivity index (χ1v) is 7.82. The SMILES string of the molecule is Cc1cc(=O)oc(C)c1C(=O)NCc1cccc(Cn2cncn2)c1. The zero-order valence-corrected chi connectivity index (χ0v) is 14.0. The van der Waals surface area contributed by atoms with Crippen LogP contribution in [0.4, 0.5) is 0 Å². The van der Waals surface area contributed by atoms with Crippen LogP contribution < -0.4 is 10.9 Å². The summed E-state index contributed by atoms with van der Waals surface area (Å²) in [6.07, 6.45) is 3.15. The summed E-state index contributed by atoms with van der Waals surface area (Å²) in [7, 11) is 0. The van der Waals surface area contributed by atoms with Crippen LogP contribution in [0.2, 0.25) is 0 Å². The molecule has 3 aromatic rings. The lowest BCUT2D eigenvalue weighted by atomic mass is 10.1. The van der Waals surface area contributed by atoms with Crippen molar-refractivity contribution >= 4 is 5.91 Å². The highest BCUT2D eigenvalue weighted by molar-refractivity contribution is 5.96. The molecule has 0 aliphatic heterocycles. The number of aromatic nitrogens is 3. The highest BCUT2D eigenvalue weighted by Crippen LogP contribution is 2.12. The monoisotopic (exact) mass is 338 g/mol. The van der Waals surface area contributed by atoms with E-state index in [0.717, 1.165) is 11.1 Å². The standard InChI is InChI=1S/C18H18N4O3/c1-12-6-16(23)25-13(2)17(12)18(24)20-8-14-4-3-5-15(7-14)9-22-11-19-10-21-22/h3-7,10-11H,8-9H2,1-2H3,(H,20,24). The van der Waals surface area contributed by atoms with Gasteiger partial charge >= 0.3 is 5.63 Å². The van der Waals surface area contributed by atoms with E-state index in [2.05, 4.69) is 15.4 Å². The van der Waals surface area contributed by atoms with E-state index in [1.54, 1.807) is 24.9 Å². The lowest BCUT2D eigenvalue weighted by Gasteiger charge is -2.10. The van der Waals surface area contributed by atoms with Crippen LogP contribution in [0.15, 0.2) is 52.2 Å². The summed E-state index contributed by atoms with van der Waals surface area (Å²) in [6, 6.07) is 9.20. The van der Waals surface area contributed by atoms with Gasteiger partial charge in [0.05, 0.1) is 12.1 Å². The molecule has 7 nitrogen and oxygen atoms in total. The number of nitrogens with one attached hydrogen (secondary N) is 1. The normalized spacial score (nSPS) is 10.6. The van der Waals surface area contributed by atoms with Crippen molar-refractivity contribution in [2.45, 2.75) is 26.9 Å². The Balaban J connectivity index is 1.69. The second-order valence-corrected chi connectivity index (χ2v) is 5.78. The highest BCUT2D eigenvalue weighted by Gasteiger charge is 2.14. The van der Waals surface area contributed by atoms with E-state index in [-0.39, 0.29) is 5.91 Å². The van der Waals surface area contributed by atoms with E-state index in [1.807, 2.05) is 24.3 Å². The molecule has 2 aromatic heterocycles. The summed E-state index contributed by atoms with van der Waals surface area (Å²) in [5.74, 6) is 0.0582. The van der Waals surface area contributed by atoms with Gasteiger partial charge in [-0.25, -0.2) is 14.5 Å². The van der Waals surface area contributed by atoms with Gasteiger partial charge in [0, 0.05) is 12.6 Å². The molecule has 1 N–H and O–H groups in total. The molecule has 0 aliphatic rings. The molecule has 0 saturated heterocycles. The van der Waals surface area contributed by atoms with Crippen molar-refractivity contribution in [2.75, 3.05) is 0 Å². The average molecular weight is 338 g/mol. The molecule has 0 unspecified atom stereocenters. The van der Waals surface area contributed by atoms with Crippen LogP contribution in [-0.4, -0.2) is 20.7 Å². The van der Waals surface area contributed by atoms with Crippen LogP contribution in [0.3, 0.4) is 0 Å². The van der Waals surface area contributed by atoms with Gasteiger partial charge in [-0.1, -0.05) is 24.3 Å². The molecule has 0 saturated carbocycles. The van der Waals surface area contributed by atoms with Crippen molar-refractivity contribution in [3.8, 4) is 0 Å². The van der Waals surface area contributed by atoms with Gasteiger partial charge in [0.25, 0.3) is 5.91 Å². The number of nitrogens with zero attached hydrogens (tertiary/aromatic N) is 3. The Hall–Kier alpha value is -3.22. The van der Waals surface area contributed by atoms with Gasteiger partial charge in [-0.15, -0.1) is 0 Å². The van der Waals surface area contributed by atoms with E-state index in [0.29, 0.717) is 30.0 Å². The third-order valence-corrected chi connectivity index (χ3v) is 3.82. The zero-order valence-electron chi connectivity index (χ0n) is 14.0. The topological polar surface area (TPSA) is 90.0 Å². The van der Waals surface area contributed by atoms with Crippen molar-refractivity contribution in [2.24, 2.45) is 0 Å². The fourth-order valence-electron chi connectivity index (χ4n) is 2.71. The molecule has 3 rings (SSSR count). The van der Waals surface area contributed by atoms with Crippen LogP contribution >= 0.6 is 0 Å². The van der Waals surface area contributed by atoms with Crippen molar-refractivity contribution in [1.82, 2.24) is 20.1 Å². The molecule has 128 valence electrons. The van der Waals surface area contributed by atoms with Gasteiger partial charge in [-0.3, -0.25) is 4.79 Å². The Kier molecular flexibility index (Phi) is 4.74. The maximum atomic E-state index is 12.4. The number of rotatable bonds is 5. The summed E-state index contributed by atoms with van der Waals surface area (Å²) in [6.45, 7) is 4.32. The number of carbonyl (C=O) groups excluding carboxylic acids is 1. The van der Waals surface area contributed by atoms with E-state index in [1.165, 1.54) is 12.4 Å². The molecule has 0 radical (unpaired) electrons. The lowest BCUT2D eigenvalue weighted by molar-refractivity contribution is 0.0946. The molecule has 0 bridgehead atoms. The summed E-state index contributed by atoms with van der Waals surface area (Å²) in [4.78, 5) is 27.7. The largest absolute Gasteiger partial charge is 0.427 e. The smallest absolute Gasteiger partial charge is 0.336 e. The zero-order chi connectivity index (χ0) is 17.8. The Morgan fingerprint density at radius 3 is 2.76 bits per heavy atom. The minimum Gasteiger partial charge on any atom is -0.427 e. The van der Waals surface area contributed by atoms with E-state index < -0.39 is 5.63 Å². The molecule has 1 amide bonds. The summed E-state index contributed by atoms with van der Waals surface area (Å²) >= 11 is 0. The molecule has 1 aromatic carbocycles. The quantitative estimate of drug-likeness (QED) is 0.766. The number of hydrogen-bond acceptors (Lipinski definition) is 5. The van der Waals surface area contributed by atoms with Gasteiger partial charge in [0.2, 0.25) is 0 Å². The van der Waals surface area contributed by atoms with Crippen molar-refractivity contribution in [3.05, 3.63) is 81.4 Å². The number of amides is 1. The third-order valence-electron chi connectivity index (χ3n) is 3.82. The third kappa shape index (κ3) is 4.00. The molecule has 0 spiro atoms. The van der Waals surface area contributed by atoms with Crippen LogP contribution in [0.1, 0.15) is 32.8 Å². The van der Waals surface area contributed by atoms with Gasteiger partial charge in [0.15, 0.2) is 0 Å². The molecular formula is C18H18N4O3. The molecule has 25 heavy (non-hydrogen) atoms. The van der Waals surface area contributed by atoms with Crippen LogP contribution in [-0.2, 0) is 13.1 Å². The predicted octanol–water partition coefficient (Wildman–Crippen LogP) is 1.83. The molecule has 0 aliphatic carbocycles. The van der Waals surface area contributed by atoms with E-state index in [9.17, 15) is 9.59 Å². The second-order valence-electron chi connectivity index (χ2n) is 5.78. The second kappa shape index (κ2) is 7.12. The Bertz CT molecular complexity index is 919. The summed E-state index contributed by atoms with van der Waals surface area (Å²) in [5, 5.41) is 6.95. The first-order valence-electron chi connectivity index (χ1n) is 7.82. The molecule has 0 fully saturated rings. The molecular weight excluding hydrogens is 320 g/mol. The predicted molar refractivity (Wildman–Crippen MR) is 91.2 cm³/mol. The van der Waals surface area contributed by atoms with E-state index >= 15 is 0 Å².